The van der Waals surface area contributed by atoms with Crippen LogP contribution in [0, 0.1) is 6.92 Å². The fraction of sp³-hybridized carbons (Fsp3) is 0.259. The number of carbonyl (C=O) groups excluding carboxylic acids is 2. The maximum atomic E-state index is 13.4. The molecule has 1 unspecified atom stereocenters. The Kier molecular flexibility index (Phi) is 8.22. The summed E-state index contributed by atoms with van der Waals surface area (Å²) in [6.07, 6.45) is 0.819. The minimum absolute atomic E-state index is 0.0516. The highest BCUT2D eigenvalue weighted by molar-refractivity contribution is 5.98. The molecule has 0 aliphatic carbocycles. The smallest absolute Gasteiger partial charge is 0.246 e. The molecule has 0 saturated carbocycles. The number of benzene rings is 3. The van der Waals surface area contributed by atoms with E-state index in [1.807, 2.05) is 86.6 Å². The van der Waals surface area contributed by atoms with E-state index in [2.05, 4.69) is 10.6 Å². The molecule has 0 spiro atoms. The van der Waals surface area contributed by atoms with Crippen molar-refractivity contribution in [1.82, 2.24) is 4.90 Å². The average molecular weight is 446 g/mol. The Balaban J connectivity index is 1.81. The highest BCUT2D eigenvalue weighted by Crippen LogP contribution is 2.28. The molecule has 0 saturated heterocycles. The lowest BCUT2D eigenvalue weighted by molar-refractivity contribution is -0.123. The molecule has 0 fully saturated rings. The highest BCUT2D eigenvalue weighted by atomic mass is 16.5. The number of amides is 2. The number of para-hydroxylation sites is 1. The van der Waals surface area contributed by atoms with Crippen LogP contribution >= 0.6 is 0 Å². The topological polar surface area (TPSA) is 70.7 Å². The van der Waals surface area contributed by atoms with Gasteiger partial charge < -0.3 is 15.4 Å². The minimum atomic E-state index is -0.663. The van der Waals surface area contributed by atoms with Crippen LogP contribution in [-0.2, 0) is 16.0 Å². The second-order valence-electron chi connectivity index (χ2n) is 7.98. The van der Waals surface area contributed by atoms with Gasteiger partial charge >= 0.3 is 0 Å². The third-order valence-electron chi connectivity index (χ3n) is 5.48. The zero-order valence-corrected chi connectivity index (χ0v) is 19.6. The van der Waals surface area contributed by atoms with Crippen molar-refractivity contribution in [3.63, 3.8) is 0 Å². The van der Waals surface area contributed by atoms with Crippen molar-refractivity contribution < 1.29 is 14.3 Å². The molecule has 6 heteroatoms. The van der Waals surface area contributed by atoms with Crippen LogP contribution in [0.15, 0.2) is 72.8 Å². The van der Waals surface area contributed by atoms with Crippen molar-refractivity contribution >= 4 is 23.2 Å². The van der Waals surface area contributed by atoms with Crippen LogP contribution in [0.4, 0.5) is 11.4 Å². The number of ether oxygens (including phenoxy) is 1. The Morgan fingerprint density at radius 1 is 0.939 bits per heavy atom. The fourth-order valence-corrected chi connectivity index (χ4v) is 3.82. The van der Waals surface area contributed by atoms with Crippen LogP contribution in [0.2, 0.25) is 0 Å². The molecule has 0 aromatic heterocycles. The number of aryl methyl sites for hydroxylation is 2. The molecule has 0 radical (unpaired) electrons. The van der Waals surface area contributed by atoms with Crippen molar-refractivity contribution in [2.45, 2.75) is 26.3 Å². The zero-order chi connectivity index (χ0) is 23.8. The van der Waals surface area contributed by atoms with E-state index >= 15 is 0 Å². The quantitative estimate of drug-likeness (QED) is 0.496. The number of hydrogen-bond acceptors (Lipinski definition) is 4. The maximum Gasteiger partial charge on any atom is 0.246 e. The monoisotopic (exact) mass is 445 g/mol. The molecular weight excluding hydrogens is 414 g/mol. The molecule has 3 aromatic carbocycles. The van der Waals surface area contributed by atoms with Crippen LogP contribution in [0.3, 0.4) is 0 Å². The van der Waals surface area contributed by atoms with Crippen LogP contribution in [-0.4, -0.2) is 37.4 Å². The number of nitrogens with zero attached hydrogens (tertiary/aromatic N) is 1. The fourth-order valence-electron chi connectivity index (χ4n) is 3.82. The lowest BCUT2D eigenvalue weighted by atomic mass is 10.0. The summed E-state index contributed by atoms with van der Waals surface area (Å²) in [5.41, 5.74) is 4.26. The maximum absolute atomic E-state index is 13.4. The first kappa shape index (κ1) is 24.0. The minimum Gasteiger partial charge on any atom is -0.495 e. The van der Waals surface area contributed by atoms with Gasteiger partial charge in [-0.2, -0.15) is 0 Å². The normalized spacial score (nSPS) is 11.7. The Bertz CT molecular complexity index is 1100. The van der Waals surface area contributed by atoms with Gasteiger partial charge in [-0.15, -0.1) is 0 Å². The number of likely N-dealkylation sites (N-methyl/N-ethyl adjacent to an activating group) is 1. The van der Waals surface area contributed by atoms with E-state index in [9.17, 15) is 9.59 Å². The lowest BCUT2D eigenvalue weighted by Gasteiger charge is -2.27. The third-order valence-corrected chi connectivity index (χ3v) is 5.48. The van der Waals surface area contributed by atoms with Crippen LogP contribution in [0.25, 0.3) is 0 Å². The second kappa shape index (κ2) is 11.3. The third kappa shape index (κ3) is 6.20. The molecule has 2 amide bonds. The summed E-state index contributed by atoms with van der Waals surface area (Å²) < 4.78 is 5.41. The predicted molar refractivity (Wildman–Crippen MR) is 133 cm³/mol. The Hall–Kier alpha value is -3.64. The Morgan fingerprint density at radius 3 is 2.33 bits per heavy atom. The summed E-state index contributed by atoms with van der Waals surface area (Å²) in [7, 11) is 3.34. The molecule has 0 aliphatic rings. The van der Waals surface area contributed by atoms with Crippen LogP contribution in [0.5, 0.6) is 5.75 Å². The summed E-state index contributed by atoms with van der Waals surface area (Å²) in [5.74, 6) is 0.159. The second-order valence-corrected chi connectivity index (χ2v) is 7.98. The molecule has 172 valence electrons. The molecule has 0 aliphatic heterocycles. The number of methoxy groups -OCH3 is 1. The van der Waals surface area contributed by atoms with Gasteiger partial charge in [-0.3, -0.25) is 14.5 Å². The summed E-state index contributed by atoms with van der Waals surface area (Å²) >= 11 is 0. The van der Waals surface area contributed by atoms with Crippen LogP contribution < -0.4 is 15.4 Å². The summed E-state index contributed by atoms with van der Waals surface area (Å²) in [4.78, 5) is 28.0. The first-order chi connectivity index (χ1) is 15.9. The summed E-state index contributed by atoms with van der Waals surface area (Å²) in [5, 5.41) is 5.97. The number of anilines is 2. The van der Waals surface area contributed by atoms with Gasteiger partial charge in [-0.25, -0.2) is 0 Å². The summed E-state index contributed by atoms with van der Waals surface area (Å²) in [6, 6.07) is 22.1. The van der Waals surface area contributed by atoms with E-state index in [0.717, 1.165) is 28.8 Å². The van der Waals surface area contributed by atoms with Gasteiger partial charge in [0.2, 0.25) is 11.8 Å². The molecule has 1 atom stereocenters. The molecule has 3 rings (SSSR count). The van der Waals surface area contributed by atoms with Gasteiger partial charge in [0, 0.05) is 5.69 Å². The van der Waals surface area contributed by atoms with Gasteiger partial charge in [0.25, 0.3) is 0 Å². The van der Waals surface area contributed by atoms with Gasteiger partial charge in [0.05, 0.1) is 19.3 Å². The van der Waals surface area contributed by atoms with Crippen molar-refractivity contribution in [1.29, 1.82) is 0 Å². The standard InChI is InChI=1S/C27H31N3O3/c1-5-20-11-9-10-14-22(20)28-25(31)18-30(3)26(21-12-7-6-8-13-21)27(32)29-23-17-19(2)15-16-24(23)33-4/h6-17,26H,5,18H2,1-4H3,(H,28,31)(H,29,32). The average Bonchev–Trinajstić information content (AvgIpc) is 2.80. The molecule has 33 heavy (non-hydrogen) atoms. The zero-order valence-electron chi connectivity index (χ0n) is 19.6. The van der Waals surface area contributed by atoms with E-state index in [1.165, 1.54) is 0 Å². The molecule has 3 aromatic rings. The highest BCUT2D eigenvalue weighted by Gasteiger charge is 2.27. The molecule has 0 heterocycles. The van der Waals surface area contributed by atoms with Crippen LogP contribution in [0.1, 0.15) is 29.7 Å². The van der Waals surface area contributed by atoms with Crippen molar-refractivity contribution in [2.75, 3.05) is 31.3 Å². The van der Waals surface area contributed by atoms with Crippen molar-refractivity contribution in [2.24, 2.45) is 0 Å². The molecule has 2 N–H and O–H groups in total. The summed E-state index contributed by atoms with van der Waals surface area (Å²) in [6.45, 7) is 4.05. The molecule has 6 nitrogen and oxygen atoms in total. The largest absolute Gasteiger partial charge is 0.495 e. The van der Waals surface area contributed by atoms with E-state index in [1.54, 1.807) is 19.1 Å². The van der Waals surface area contributed by atoms with E-state index in [-0.39, 0.29) is 18.4 Å². The Morgan fingerprint density at radius 2 is 1.64 bits per heavy atom. The van der Waals surface area contributed by atoms with E-state index < -0.39 is 6.04 Å². The molecule has 0 bridgehead atoms. The number of rotatable bonds is 9. The van der Waals surface area contributed by atoms with E-state index in [4.69, 9.17) is 4.74 Å². The van der Waals surface area contributed by atoms with Gasteiger partial charge in [0.15, 0.2) is 0 Å². The van der Waals surface area contributed by atoms with Gasteiger partial charge in [0.1, 0.15) is 11.8 Å². The van der Waals surface area contributed by atoms with Crippen molar-refractivity contribution in [3.05, 3.63) is 89.5 Å². The number of nitrogens with one attached hydrogen (secondary N) is 2. The first-order valence-electron chi connectivity index (χ1n) is 11.0. The van der Waals surface area contributed by atoms with Gasteiger partial charge in [-0.1, -0.05) is 61.5 Å². The number of hydrogen-bond donors (Lipinski definition) is 2. The van der Waals surface area contributed by atoms with Gasteiger partial charge in [-0.05, 0) is 55.3 Å². The lowest BCUT2D eigenvalue weighted by Crippen LogP contribution is -2.39. The number of carbonyl (C=O) groups is 2. The first-order valence-corrected chi connectivity index (χ1v) is 11.0. The predicted octanol–water partition coefficient (Wildman–Crippen LogP) is 4.82. The van der Waals surface area contributed by atoms with Crippen molar-refractivity contribution in [3.8, 4) is 5.75 Å². The molecular formula is C27H31N3O3. The Labute approximate surface area is 195 Å². The SMILES string of the molecule is CCc1ccccc1NC(=O)CN(C)C(C(=O)Nc1cc(C)ccc1OC)c1ccccc1. The van der Waals surface area contributed by atoms with E-state index in [0.29, 0.717) is 11.4 Å².